The van der Waals surface area contributed by atoms with Gasteiger partial charge in [0.05, 0.1) is 6.61 Å². The van der Waals surface area contributed by atoms with Crippen molar-refractivity contribution in [1.82, 2.24) is 0 Å². The Hall–Kier alpha value is -2.58. The van der Waals surface area contributed by atoms with Crippen LogP contribution in [0.25, 0.3) is 11.1 Å². The molecule has 0 bridgehead atoms. The van der Waals surface area contributed by atoms with E-state index in [0.29, 0.717) is 13.3 Å². The van der Waals surface area contributed by atoms with Gasteiger partial charge in [0.15, 0.2) is 0 Å². The minimum absolute atomic E-state index is 0.570. The van der Waals surface area contributed by atoms with E-state index in [2.05, 4.69) is 79.5 Å². The van der Waals surface area contributed by atoms with Crippen LogP contribution in [-0.2, 0) is 17.8 Å². The molecule has 3 aromatic rings. The van der Waals surface area contributed by atoms with E-state index in [0.717, 1.165) is 6.42 Å². The summed E-state index contributed by atoms with van der Waals surface area (Å²) in [6.07, 6.45) is 0.990. The van der Waals surface area contributed by atoms with Gasteiger partial charge >= 0.3 is 0 Å². The lowest BCUT2D eigenvalue weighted by atomic mass is 9.96. The SMILES string of the molecule is CCc1c(-c2ccccc2)cccc1N(C)COCc1ccccc1. The van der Waals surface area contributed by atoms with Gasteiger partial charge in [0.2, 0.25) is 0 Å². The van der Waals surface area contributed by atoms with E-state index >= 15 is 0 Å². The molecule has 0 fully saturated rings. The molecule has 0 unspecified atom stereocenters. The highest BCUT2D eigenvalue weighted by Crippen LogP contribution is 2.31. The summed E-state index contributed by atoms with van der Waals surface area (Å²) < 4.78 is 5.91. The zero-order valence-corrected chi connectivity index (χ0v) is 15.0. The molecule has 0 spiro atoms. The predicted molar refractivity (Wildman–Crippen MR) is 106 cm³/mol. The third-order valence-corrected chi connectivity index (χ3v) is 4.40. The second kappa shape index (κ2) is 8.50. The van der Waals surface area contributed by atoms with E-state index in [4.69, 9.17) is 4.74 Å². The van der Waals surface area contributed by atoms with Gasteiger partial charge in [0.1, 0.15) is 6.73 Å². The molecule has 0 amide bonds. The summed E-state index contributed by atoms with van der Waals surface area (Å²) in [5.74, 6) is 0. The fourth-order valence-electron chi connectivity index (χ4n) is 3.14. The summed E-state index contributed by atoms with van der Waals surface area (Å²) >= 11 is 0. The van der Waals surface area contributed by atoms with Crippen LogP contribution in [0.5, 0.6) is 0 Å². The molecule has 3 aromatic carbocycles. The number of rotatable bonds is 7. The smallest absolute Gasteiger partial charge is 0.119 e. The van der Waals surface area contributed by atoms with Crippen molar-refractivity contribution >= 4 is 5.69 Å². The molecule has 128 valence electrons. The first kappa shape index (κ1) is 17.2. The van der Waals surface area contributed by atoms with Gasteiger partial charge in [0, 0.05) is 12.7 Å². The lowest BCUT2D eigenvalue weighted by Crippen LogP contribution is -2.22. The van der Waals surface area contributed by atoms with Crippen molar-refractivity contribution in [3.8, 4) is 11.1 Å². The van der Waals surface area contributed by atoms with Crippen molar-refractivity contribution in [3.05, 3.63) is 90.0 Å². The Kier molecular flexibility index (Phi) is 5.86. The normalized spacial score (nSPS) is 10.6. The largest absolute Gasteiger partial charge is 0.356 e. The van der Waals surface area contributed by atoms with Crippen molar-refractivity contribution in [1.29, 1.82) is 0 Å². The minimum Gasteiger partial charge on any atom is -0.356 e. The van der Waals surface area contributed by atoms with Crippen LogP contribution in [0, 0.1) is 0 Å². The first-order valence-corrected chi connectivity index (χ1v) is 8.79. The molecule has 3 rings (SSSR count). The van der Waals surface area contributed by atoms with Crippen LogP contribution < -0.4 is 4.90 Å². The van der Waals surface area contributed by atoms with Gasteiger partial charge in [-0.3, -0.25) is 0 Å². The van der Waals surface area contributed by atoms with E-state index in [1.54, 1.807) is 0 Å². The Bertz CT molecular complexity index is 784. The highest BCUT2D eigenvalue weighted by Gasteiger charge is 2.11. The minimum atomic E-state index is 0.570. The van der Waals surface area contributed by atoms with Crippen LogP contribution in [0.3, 0.4) is 0 Å². The van der Waals surface area contributed by atoms with Crippen LogP contribution in [0.2, 0.25) is 0 Å². The first-order valence-electron chi connectivity index (χ1n) is 8.79. The Morgan fingerprint density at radius 2 is 1.48 bits per heavy atom. The second-order valence-corrected chi connectivity index (χ2v) is 6.18. The van der Waals surface area contributed by atoms with Crippen LogP contribution in [0.4, 0.5) is 5.69 Å². The molecule has 2 heteroatoms. The molecule has 0 atom stereocenters. The summed E-state index contributed by atoms with van der Waals surface area (Å²) in [5.41, 5.74) is 6.36. The first-order chi connectivity index (χ1) is 12.3. The second-order valence-electron chi connectivity index (χ2n) is 6.18. The van der Waals surface area contributed by atoms with Crippen molar-refractivity contribution in [3.63, 3.8) is 0 Å². The maximum Gasteiger partial charge on any atom is 0.119 e. The lowest BCUT2D eigenvalue weighted by Gasteiger charge is -2.24. The molecule has 0 aliphatic heterocycles. The molecule has 0 aliphatic rings. The monoisotopic (exact) mass is 331 g/mol. The predicted octanol–water partition coefficient (Wildman–Crippen LogP) is 5.53. The maximum absolute atomic E-state index is 5.91. The molecule has 0 N–H and O–H groups in total. The van der Waals surface area contributed by atoms with Crippen LogP contribution >= 0.6 is 0 Å². The molecule has 25 heavy (non-hydrogen) atoms. The zero-order chi connectivity index (χ0) is 17.5. The van der Waals surface area contributed by atoms with E-state index in [-0.39, 0.29) is 0 Å². The topological polar surface area (TPSA) is 12.5 Å². The quantitative estimate of drug-likeness (QED) is 0.528. The number of anilines is 1. The average Bonchev–Trinajstić information content (AvgIpc) is 2.68. The molecule has 0 saturated carbocycles. The Morgan fingerprint density at radius 3 is 2.16 bits per heavy atom. The molecule has 2 nitrogen and oxygen atoms in total. The molecule has 0 radical (unpaired) electrons. The van der Waals surface area contributed by atoms with Gasteiger partial charge < -0.3 is 9.64 Å². The molecule has 0 aliphatic carbocycles. The fourth-order valence-corrected chi connectivity index (χ4v) is 3.14. The summed E-state index contributed by atoms with van der Waals surface area (Å²) in [4.78, 5) is 2.19. The van der Waals surface area contributed by atoms with Gasteiger partial charge in [-0.15, -0.1) is 0 Å². The molecule has 0 heterocycles. The van der Waals surface area contributed by atoms with Gasteiger partial charge in [-0.05, 0) is 34.7 Å². The Morgan fingerprint density at radius 1 is 0.800 bits per heavy atom. The standard InChI is InChI=1S/C23H25NO/c1-3-21-22(20-13-8-5-9-14-20)15-10-16-23(21)24(2)18-25-17-19-11-6-4-7-12-19/h4-16H,3,17-18H2,1-2H3. The molecule has 0 saturated heterocycles. The van der Waals surface area contributed by atoms with E-state index in [9.17, 15) is 0 Å². The molecular formula is C23H25NO. The van der Waals surface area contributed by atoms with Crippen molar-refractivity contribution < 1.29 is 4.74 Å². The molecular weight excluding hydrogens is 306 g/mol. The Balaban J connectivity index is 1.75. The van der Waals surface area contributed by atoms with Crippen molar-refractivity contribution in [2.24, 2.45) is 0 Å². The van der Waals surface area contributed by atoms with Crippen LogP contribution in [0.15, 0.2) is 78.9 Å². The van der Waals surface area contributed by atoms with E-state index in [1.807, 2.05) is 18.2 Å². The zero-order valence-electron chi connectivity index (χ0n) is 15.0. The number of hydrogen-bond acceptors (Lipinski definition) is 2. The number of hydrogen-bond donors (Lipinski definition) is 0. The maximum atomic E-state index is 5.91. The molecule has 0 aromatic heterocycles. The number of ether oxygens (including phenoxy) is 1. The van der Waals surface area contributed by atoms with Gasteiger partial charge in [-0.25, -0.2) is 0 Å². The average molecular weight is 331 g/mol. The summed E-state index contributed by atoms with van der Waals surface area (Å²) in [6, 6.07) is 27.4. The van der Waals surface area contributed by atoms with Gasteiger partial charge in [0.25, 0.3) is 0 Å². The third kappa shape index (κ3) is 4.28. The van der Waals surface area contributed by atoms with E-state index < -0.39 is 0 Å². The van der Waals surface area contributed by atoms with Gasteiger partial charge in [-0.1, -0.05) is 79.7 Å². The third-order valence-electron chi connectivity index (χ3n) is 4.40. The van der Waals surface area contributed by atoms with Crippen LogP contribution in [0.1, 0.15) is 18.1 Å². The summed E-state index contributed by atoms with van der Waals surface area (Å²) in [5, 5.41) is 0. The van der Waals surface area contributed by atoms with Gasteiger partial charge in [-0.2, -0.15) is 0 Å². The number of nitrogens with zero attached hydrogens (tertiary/aromatic N) is 1. The van der Waals surface area contributed by atoms with Crippen molar-refractivity contribution in [2.75, 3.05) is 18.7 Å². The highest BCUT2D eigenvalue weighted by molar-refractivity contribution is 5.74. The van der Waals surface area contributed by atoms with Crippen LogP contribution in [-0.4, -0.2) is 13.8 Å². The Labute approximate surface area is 150 Å². The fraction of sp³-hybridized carbons (Fsp3) is 0.217. The lowest BCUT2D eigenvalue weighted by molar-refractivity contribution is 0.124. The highest BCUT2D eigenvalue weighted by atomic mass is 16.5. The summed E-state index contributed by atoms with van der Waals surface area (Å²) in [7, 11) is 2.09. The summed E-state index contributed by atoms with van der Waals surface area (Å²) in [6.45, 7) is 3.41. The van der Waals surface area contributed by atoms with E-state index in [1.165, 1.54) is 27.9 Å². The van der Waals surface area contributed by atoms with Crippen molar-refractivity contribution in [2.45, 2.75) is 20.0 Å². The number of benzene rings is 3.